The lowest BCUT2D eigenvalue weighted by atomic mass is 9.70. The summed E-state index contributed by atoms with van der Waals surface area (Å²) in [5.74, 6) is 1.24. The molecular formula is C24H35NO3. The van der Waals surface area contributed by atoms with E-state index in [-0.39, 0.29) is 16.8 Å². The molecule has 1 aromatic carbocycles. The third-order valence-electron chi connectivity index (χ3n) is 7.09. The number of benzene rings is 1. The van der Waals surface area contributed by atoms with Gasteiger partial charge in [-0.1, -0.05) is 32.9 Å². The SMILES string of the molecule is COc1ccc(C[C@H](N=C2C[C@H]3CC[C@]2(C)C3(C)C)C(=O)OC(C)(C)C)cc1. The van der Waals surface area contributed by atoms with Crippen molar-refractivity contribution in [3.8, 4) is 5.75 Å². The maximum absolute atomic E-state index is 13.0. The Bertz CT molecular complexity index is 757. The van der Waals surface area contributed by atoms with Crippen LogP contribution in [-0.4, -0.2) is 30.4 Å². The number of esters is 1. The van der Waals surface area contributed by atoms with Gasteiger partial charge in [-0.2, -0.15) is 0 Å². The van der Waals surface area contributed by atoms with Gasteiger partial charge >= 0.3 is 5.97 Å². The zero-order valence-electron chi connectivity index (χ0n) is 18.5. The van der Waals surface area contributed by atoms with Gasteiger partial charge in [-0.05, 0) is 69.1 Å². The predicted molar refractivity (Wildman–Crippen MR) is 113 cm³/mol. The Balaban J connectivity index is 1.89. The summed E-state index contributed by atoms with van der Waals surface area (Å²) in [6.07, 6.45) is 3.97. The average molecular weight is 386 g/mol. The highest BCUT2D eigenvalue weighted by Gasteiger charge is 2.59. The minimum Gasteiger partial charge on any atom is -0.497 e. The van der Waals surface area contributed by atoms with Crippen LogP contribution in [0.5, 0.6) is 5.75 Å². The number of methoxy groups -OCH3 is 1. The zero-order valence-corrected chi connectivity index (χ0v) is 18.5. The molecule has 2 bridgehead atoms. The van der Waals surface area contributed by atoms with Gasteiger partial charge in [0.25, 0.3) is 0 Å². The highest BCUT2D eigenvalue weighted by atomic mass is 16.6. The molecule has 4 nitrogen and oxygen atoms in total. The number of carbonyl (C=O) groups is 1. The standard InChI is InChI=1S/C24H35NO3/c1-22(2,3)28-21(26)19(14-16-8-10-18(27-7)11-9-16)25-20-15-17-12-13-24(20,6)23(17,4)5/h8-11,17,19H,12-15H2,1-7H3/t17-,19+,24+/m1/s1. The van der Waals surface area contributed by atoms with Crippen LogP contribution >= 0.6 is 0 Å². The lowest BCUT2D eigenvalue weighted by Crippen LogP contribution is -2.36. The topological polar surface area (TPSA) is 47.9 Å². The molecule has 0 amide bonds. The average Bonchev–Trinajstić information content (AvgIpc) is 2.93. The number of rotatable bonds is 5. The van der Waals surface area contributed by atoms with Crippen molar-refractivity contribution in [3.05, 3.63) is 29.8 Å². The summed E-state index contributed by atoms with van der Waals surface area (Å²) in [5.41, 5.74) is 2.07. The molecule has 2 saturated carbocycles. The van der Waals surface area contributed by atoms with Gasteiger partial charge in [0.05, 0.1) is 7.11 Å². The van der Waals surface area contributed by atoms with Crippen LogP contribution < -0.4 is 4.74 Å². The normalized spacial score (nSPS) is 28.4. The maximum atomic E-state index is 13.0. The molecule has 0 heterocycles. The highest BCUT2D eigenvalue weighted by Crippen LogP contribution is 2.64. The highest BCUT2D eigenvalue weighted by molar-refractivity contribution is 5.96. The summed E-state index contributed by atoms with van der Waals surface area (Å²) in [6.45, 7) is 12.8. The Kier molecular flexibility index (Phi) is 5.37. The number of nitrogens with zero attached hydrogens (tertiary/aromatic N) is 1. The summed E-state index contributed by atoms with van der Waals surface area (Å²) < 4.78 is 11.0. The smallest absolute Gasteiger partial charge is 0.331 e. The number of fused-ring (bicyclic) bond motifs is 2. The first kappa shape index (κ1) is 20.9. The maximum Gasteiger partial charge on any atom is 0.331 e. The van der Waals surface area contributed by atoms with Gasteiger partial charge in [-0.25, -0.2) is 4.79 Å². The van der Waals surface area contributed by atoms with E-state index in [1.807, 2.05) is 45.0 Å². The minimum atomic E-state index is -0.521. The summed E-state index contributed by atoms with van der Waals surface area (Å²) in [4.78, 5) is 18.1. The van der Waals surface area contributed by atoms with E-state index in [0.29, 0.717) is 12.3 Å². The first-order chi connectivity index (χ1) is 13.0. The summed E-state index contributed by atoms with van der Waals surface area (Å²) in [7, 11) is 1.65. The van der Waals surface area contributed by atoms with E-state index < -0.39 is 11.6 Å². The van der Waals surface area contributed by atoms with E-state index in [1.165, 1.54) is 12.1 Å². The van der Waals surface area contributed by atoms with Gasteiger partial charge in [-0.15, -0.1) is 0 Å². The third-order valence-corrected chi connectivity index (χ3v) is 7.09. The van der Waals surface area contributed by atoms with Crippen LogP contribution in [0, 0.1) is 16.7 Å². The zero-order chi connectivity index (χ0) is 20.7. The molecule has 0 radical (unpaired) electrons. The van der Waals surface area contributed by atoms with Crippen LogP contribution in [0.15, 0.2) is 29.3 Å². The van der Waals surface area contributed by atoms with Crippen molar-refractivity contribution >= 4 is 11.7 Å². The molecule has 2 fully saturated rings. The van der Waals surface area contributed by atoms with Crippen molar-refractivity contribution < 1.29 is 14.3 Å². The van der Waals surface area contributed by atoms with Gasteiger partial charge in [0, 0.05) is 17.5 Å². The molecule has 1 aromatic rings. The third kappa shape index (κ3) is 3.83. The molecule has 0 N–H and O–H groups in total. The molecule has 154 valence electrons. The van der Waals surface area contributed by atoms with Gasteiger partial charge in [0.15, 0.2) is 6.04 Å². The van der Waals surface area contributed by atoms with Crippen LogP contribution in [-0.2, 0) is 16.0 Å². The Hall–Kier alpha value is -1.84. The molecule has 0 saturated heterocycles. The van der Waals surface area contributed by atoms with Crippen LogP contribution in [0.4, 0.5) is 0 Å². The van der Waals surface area contributed by atoms with Gasteiger partial charge in [0.1, 0.15) is 11.4 Å². The molecule has 0 aromatic heterocycles. The summed E-state index contributed by atoms with van der Waals surface area (Å²) in [6, 6.07) is 7.35. The number of aliphatic imine (C=N–C) groups is 1. The molecule has 0 unspecified atom stereocenters. The molecule has 0 spiro atoms. The fourth-order valence-corrected chi connectivity index (χ4v) is 4.85. The molecule has 28 heavy (non-hydrogen) atoms. The predicted octanol–water partition coefficient (Wildman–Crippen LogP) is 5.24. The van der Waals surface area contributed by atoms with Crippen LogP contribution in [0.2, 0.25) is 0 Å². The van der Waals surface area contributed by atoms with Crippen molar-refractivity contribution in [3.63, 3.8) is 0 Å². The summed E-state index contributed by atoms with van der Waals surface area (Å²) >= 11 is 0. The molecular weight excluding hydrogens is 350 g/mol. The van der Waals surface area contributed by atoms with E-state index >= 15 is 0 Å². The van der Waals surface area contributed by atoms with E-state index in [4.69, 9.17) is 14.5 Å². The Morgan fingerprint density at radius 1 is 1.21 bits per heavy atom. The van der Waals surface area contributed by atoms with Crippen molar-refractivity contribution in [2.45, 2.75) is 78.9 Å². The molecule has 4 heteroatoms. The Morgan fingerprint density at radius 2 is 1.86 bits per heavy atom. The number of carbonyl (C=O) groups excluding carboxylic acids is 1. The van der Waals surface area contributed by atoms with E-state index in [9.17, 15) is 4.79 Å². The molecule has 0 aliphatic heterocycles. The van der Waals surface area contributed by atoms with Crippen molar-refractivity contribution in [2.75, 3.05) is 7.11 Å². The number of hydrogen-bond donors (Lipinski definition) is 0. The largest absolute Gasteiger partial charge is 0.497 e. The van der Waals surface area contributed by atoms with Crippen molar-refractivity contribution in [2.24, 2.45) is 21.7 Å². The van der Waals surface area contributed by atoms with Crippen LogP contribution in [0.3, 0.4) is 0 Å². The minimum absolute atomic E-state index is 0.0812. The second-order valence-electron chi connectivity index (χ2n) is 10.2. The molecule has 2 aliphatic carbocycles. The van der Waals surface area contributed by atoms with Gasteiger partial charge in [-0.3, -0.25) is 4.99 Å². The van der Waals surface area contributed by atoms with Gasteiger partial charge < -0.3 is 9.47 Å². The number of hydrogen-bond acceptors (Lipinski definition) is 4. The van der Waals surface area contributed by atoms with Crippen LogP contribution in [0.1, 0.15) is 66.4 Å². The second kappa shape index (κ2) is 7.20. The van der Waals surface area contributed by atoms with Crippen molar-refractivity contribution in [1.82, 2.24) is 0 Å². The quantitative estimate of drug-likeness (QED) is 0.652. The molecule has 2 aliphatic rings. The van der Waals surface area contributed by atoms with E-state index in [0.717, 1.165) is 24.2 Å². The molecule has 3 rings (SSSR count). The Labute approximate surface area is 169 Å². The first-order valence-electron chi connectivity index (χ1n) is 10.4. The van der Waals surface area contributed by atoms with Crippen LogP contribution in [0.25, 0.3) is 0 Å². The van der Waals surface area contributed by atoms with E-state index in [1.54, 1.807) is 7.11 Å². The fraction of sp³-hybridized carbons (Fsp3) is 0.667. The monoisotopic (exact) mass is 385 g/mol. The fourth-order valence-electron chi connectivity index (χ4n) is 4.85. The second-order valence-corrected chi connectivity index (χ2v) is 10.2. The lowest BCUT2D eigenvalue weighted by Gasteiger charge is -2.35. The lowest BCUT2D eigenvalue weighted by molar-refractivity contribution is -0.156. The van der Waals surface area contributed by atoms with Gasteiger partial charge in [0.2, 0.25) is 0 Å². The number of ether oxygens (including phenoxy) is 2. The first-order valence-corrected chi connectivity index (χ1v) is 10.4. The Morgan fingerprint density at radius 3 is 2.32 bits per heavy atom. The van der Waals surface area contributed by atoms with E-state index in [2.05, 4.69) is 20.8 Å². The van der Waals surface area contributed by atoms with Crippen molar-refractivity contribution in [1.29, 1.82) is 0 Å². The summed E-state index contributed by atoms with van der Waals surface area (Å²) in [5, 5.41) is 0. The molecule has 3 atom stereocenters.